The third-order valence-electron chi connectivity index (χ3n) is 3.12. The molecule has 0 atom stereocenters. The summed E-state index contributed by atoms with van der Waals surface area (Å²) in [6.07, 6.45) is 3.35. The first-order valence-corrected chi connectivity index (χ1v) is 7.65. The zero-order valence-electron chi connectivity index (χ0n) is 13.5. The van der Waals surface area contributed by atoms with Crippen molar-refractivity contribution in [1.82, 2.24) is 10.2 Å². The Bertz CT molecular complexity index is 297. The topological polar surface area (TPSA) is 75.4 Å². The van der Waals surface area contributed by atoms with Gasteiger partial charge in [-0.25, -0.2) is 0 Å². The lowest BCUT2D eigenvalue weighted by molar-refractivity contribution is -0.131. The summed E-state index contributed by atoms with van der Waals surface area (Å²) in [5, 5.41) is 2.87. The summed E-state index contributed by atoms with van der Waals surface area (Å²) in [7, 11) is 0. The summed E-state index contributed by atoms with van der Waals surface area (Å²) in [5.74, 6) is 0.116. The van der Waals surface area contributed by atoms with Crippen LogP contribution in [0.3, 0.4) is 0 Å². The molecule has 0 aliphatic heterocycles. The van der Waals surface area contributed by atoms with E-state index in [4.69, 9.17) is 5.73 Å². The number of nitrogens with one attached hydrogen (secondary N) is 1. The highest BCUT2D eigenvalue weighted by atomic mass is 16.2. The largest absolute Gasteiger partial charge is 0.350 e. The number of nitrogens with two attached hydrogens (primary N) is 1. The molecule has 3 N–H and O–H groups in total. The summed E-state index contributed by atoms with van der Waals surface area (Å²) in [6, 6.07) is 0. The second kappa shape index (κ2) is 9.75. The van der Waals surface area contributed by atoms with Gasteiger partial charge in [-0.1, -0.05) is 13.8 Å². The van der Waals surface area contributed by atoms with Crippen molar-refractivity contribution in [3.8, 4) is 0 Å². The molecule has 0 saturated carbocycles. The van der Waals surface area contributed by atoms with Gasteiger partial charge < -0.3 is 16.0 Å². The fourth-order valence-corrected chi connectivity index (χ4v) is 1.95. The first-order valence-electron chi connectivity index (χ1n) is 7.65. The number of amides is 2. The van der Waals surface area contributed by atoms with Gasteiger partial charge in [0.05, 0.1) is 0 Å². The summed E-state index contributed by atoms with van der Waals surface area (Å²) < 4.78 is 0. The lowest BCUT2D eigenvalue weighted by Gasteiger charge is -2.24. The van der Waals surface area contributed by atoms with E-state index < -0.39 is 0 Å². The summed E-state index contributed by atoms with van der Waals surface area (Å²) >= 11 is 0. The molecule has 0 fully saturated rings. The molecular formula is C15H31N3O2. The minimum atomic E-state index is -0.377. The zero-order chi connectivity index (χ0) is 15.6. The Kier molecular flexibility index (Phi) is 9.21. The van der Waals surface area contributed by atoms with Crippen molar-refractivity contribution in [2.24, 2.45) is 5.73 Å². The van der Waals surface area contributed by atoms with Gasteiger partial charge in [-0.3, -0.25) is 9.59 Å². The van der Waals surface area contributed by atoms with Crippen LogP contribution in [-0.2, 0) is 9.59 Å². The Morgan fingerprint density at radius 3 is 2.10 bits per heavy atom. The number of carbonyl (C=O) groups is 2. The van der Waals surface area contributed by atoms with Crippen LogP contribution in [0.5, 0.6) is 0 Å². The maximum absolute atomic E-state index is 12.0. The second-order valence-electron chi connectivity index (χ2n) is 5.87. The van der Waals surface area contributed by atoms with E-state index in [2.05, 4.69) is 19.2 Å². The van der Waals surface area contributed by atoms with Crippen LogP contribution in [0.4, 0.5) is 0 Å². The van der Waals surface area contributed by atoms with E-state index in [1.807, 2.05) is 18.7 Å². The lowest BCUT2D eigenvalue weighted by atomic mass is 10.1. The van der Waals surface area contributed by atoms with Crippen LogP contribution >= 0.6 is 0 Å². The molecule has 0 aromatic rings. The molecule has 0 radical (unpaired) electrons. The Morgan fingerprint density at radius 2 is 1.65 bits per heavy atom. The van der Waals surface area contributed by atoms with Crippen molar-refractivity contribution < 1.29 is 9.59 Å². The number of carbonyl (C=O) groups excluding carboxylic acids is 2. The predicted octanol–water partition coefficient (Wildman–Crippen LogP) is 1.66. The number of rotatable bonds is 10. The van der Waals surface area contributed by atoms with Crippen LogP contribution in [-0.4, -0.2) is 41.9 Å². The van der Waals surface area contributed by atoms with Crippen molar-refractivity contribution in [2.75, 3.05) is 19.6 Å². The maximum atomic E-state index is 12.0. The van der Waals surface area contributed by atoms with Crippen LogP contribution in [0.1, 0.15) is 59.8 Å². The van der Waals surface area contributed by atoms with Gasteiger partial charge in [0.25, 0.3) is 0 Å². The predicted molar refractivity (Wildman–Crippen MR) is 82.3 cm³/mol. The maximum Gasteiger partial charge on any atom is 0.222 e. The van der Waals surface area contributed by atoms with Gasteiger partial charge in [0.2, 0.25) is 11.8 Å². The Balaban J connectivity index is 4.03. The quantitative estimate of drug-likeness (QED) is 0.641. The molecule has 0 heterocycles. The van der Waals surface area contributed by atoms with Crippen LogP contribution < -0.4 is 11.1 Å². The van der Waals surface area contributed by atoms with Gasteiger partial charge in [-0.2, -0.15) is 0 Å². The highest BCUT2D eigenvalue weighted by molar-refractivity contribution is 5.79. The molecule has 118 valence electrons. The highest BCUT2D eigenvalue weighted by Crippen LogP contribution is 2.05. The molecule has 0 unspecified atom stereocenters. The molecule has 2 amide bonds. The Hall–Kier alpha value is -1.10. The van der Waals surface area contributed by atoms with Crippen molar-refractivity contribution in [1.29, 1.82) is 0 Å². The number of hydrogen-bond acceptors (Lipinski definition) is 3. The molecule has 0 aliphatic carbocycles. The molecule has 5 heteroatoms. The number of hydrogen-bond donors (Lipinski definition) is 2. The summed E-state index contributed by atoms with van der Waals surface area (Å²) in [4.78, 5) is 25.6. The van der Waals surface area contributed by atoms with E-state index in [9.17, 15) is 9.59 Å². The van der Waals surface area contributed by atoms with Crippen molar-refractivity contribution >= 4 is 11.8 Å². The van der Waals surface area contributed by atoms with Crippen molar-refractivity contribution in [3.05, 3.63) is 0 Å². The summed E-state index contributed by atoms with van der Waals surface area (Å²) in [5.41, 5.74) is 5.18. The lowest BCUT2D eigenvalue weighted by Crippen LogP contribution is -2.48. The first-order chi connectivity index (χ1) is 9.36. The molecular weight excluding hydrogens is 254 g/mol. The van der Waals surface area contributed by atoms with Crippen LogP contribution in [0.15, 0.2) is 0 Å². The molecule has 0 saturated heterocycles. The third kappa shape index (κ3) is 8.15. The smallest absolute Gasteiger partial charge is 0.222 e. The highest BCUT2D eigenvalue weighted by Gasteiger charge is 2.18. The fraction of sp³-hybridized carbons (Fsp3) is 0.867. The minimum absolute atomic E-state index is 0.0363. The SMILES string of the molecule is CCCN(CCC)C(=O)CCCC(=O)NC(C)(C)CN. The van der Waals surface area contributed by atoms with Gasteiger partial charge in [-0.15, -0.1) is 0 Å². The van der Waals surface area contributed by atoms with Crippen molar-refractivity contribution in [3.63, 3.8) is 0 Å². The number of nitrogens with zero attached hydrogens (tertiary/aromatic N) is 1. The second-order valence-corrected chi connectivity index (χ2v) is 5.87. The average molecular weight is 285 g/mol. The molecule has 0 rings (SSSR count). The molecule has 20 heavy (non-hydrogen) atoms. The van der Waals surface area contributed by atoms with E-state index in [1.165, 1.54) is 0 Å². The standard InChI is InChI=1S/C15H31N3O2/c1-5-10-18(11-6-2)14(20)9-7-8-13(19)17-15(3,4)12-16/h5-12,16H2,1-4H3,(H,17,19). The molecule has 5 nitrogen and oxygen atoms in total. The zero-order valence-corrected chi connectivity index (χ0v) is 13.5. The monoisotopic (exact) mass is 285 g/mol. The Morgan fingerprint density at radius 1 is 1.10 bits per heavy atom. The van der Waals surface area contributed by atoms with Crippen LogP contribution in [0.2, 0.25) is 0 Å². The molecule has 0 aliphatic rings. The van der Waals surface area contributed by atoms with Crippen LogP contribution in [0.25, 0.3) is 0 Å². The van der Waals surface area contributed by atoms with Gasteiger partial charge in [0.15, 0.2) is 0 Å². The van der Waals surface area contributed by atoms with E-state index in [0.717, 1.165) is 25.9 Å². The van der Waals surface area contributed by atoms with Crippen molar-refractivity contribution in [2.45, 2.75) is 65.3 Å². The van der Waals surface area contributed by atoms with Crippen LogP contribution in [0, 0.1) is 0 Å². The fourth-order valence-electron chi connectivity index (χ4n) is 1.95. The van der Waals surface area contributed by atoms with E-state index in [-0.39, 0.29) is 17.4 Å². The minimum Gasteiger partial charge on any atom is -0.350 e. The molecule has 0 spiro atoms. The van der Waals surface area contributed by atoms with Gasteiger partial charge in [-0.05, 0) is 33.1 Å². The molecule has 0 aromatic heterocycles. The first kappa shape index (κ1) is 18.9. The molecule has 0 bridgehead atoms. The Labute approximate surface area is 123 Å². The van der Waals surface area contributed by atoms with Gasteiger partial charge in [0.1, 0.15) is 0 Å². The van der Waals surface area contributed by atoms with E-state index in [0.29, 0.717) is 25.8 Å². The van der Waals surface area contributed by atoms with E-state index >= 15 is 0 Å². The normalized spacial score (nSPS) is 11.2. The summed E-state index contributed by atoms with van der Waals surface area (Å²) in [6.45, 7) is 9.92. The third-order valence-corrected chi connectivity index (χ3v) is 3.12. The van der Waals surface area contributed by atoms with Gasteiger partial charge in [0, 0.05) is 38.0 Å². The van der Waals surface area contributed by atoms with E-state index in [1.54, 1.807) is 0 Å². The molecule has 0 aromatic carbocycles. The average Bonchev–Trinajstić information content (AvgIpc) is 2.37. The van der Waals surface area contributed by atoms with Gasteiger partial charge >= 0.3 is 0 Å².